The Labute approximate surface area is 88.3 Å². The first-order valence-corrected chi connectivity index (χ1v) is 6.19. The molecule has 1 rings (SSSR count). The second-order valence-electron chi connectivity index (χ2n) is 3.33. The van der Waals surface area contributed by atoms with Crippen LogP contribution in [0.1, 0.15) is 13.3 Å². The van der Waals surface area contributed by atoms with Crippen LogP contribution in [0, 0.1) is 0 Å². The van der Waals surface area contributed by atoms with Crippen LogP contribution in [0.2, 0.25) is 0 Å². The van der Waals surface area contributed by atoms with Gasteiger partial charge in [0.2, 0.25) is 10.0 Å². The lowest BCUT2D eigenvalue weighted by atomic mass is 10.4. The van der Waals surface area contributed by atoms with Crippen molar-refractivity contribution >= 4 is 27.2 Å². The zero-order chi connectivity index (χ0) is 10.9. The number of sulfonamides is 1. The molecule has 1 fully saturated rings. The van der Waals surface area contributed by atoms with Crippen LogP contribution in [0.3, 0.4) is 0 Å². The van der Waals surface area contributed by atoms with Crippen LogP contribution in [0.4, 0.5) is 4.39 Å². The third-order valence-corrected chi connectivity index (χ3v) is 5.00. The maximum Gasteiger partial charge on any atom is 0.223 e. The van der Waals surface area contributed by atoms with Gasteiger partial charge in [-0.25, -0.2) is 12.8 Å². The number of halogens is 1. The largest absolute Gasteiger partial charge is 0.392 e. The number of alkyl halides is 1. The second kappa shape index (κ2) is 4.08. The molecule has 1 aliphatic heterocycles. The number of nitrogens with two attached hydrogens (primary N) is 1. The zero-order valence-corrected chi connectivity index (χ0v) is 9.44. The van der Waals surface area contributed by atoms with Crippen molar-refractivity contribution in [3.63, 3.8) is 0 Å². The van der Waals surface area contributed by atoms with E-state index in [-0.39, 0.29) is 24.5 Å². The maximum absolute atomic E-state index is 12.8. The minimum atomic E-state index is -3.54. The molecule has 0 aromatic rings. The van der Waals surface area contributed by atoms with Crippen molar-refractivity contribution in [1.29, 1.82) is 0 Å². The van der Waals surface area contributed by atoms with Gasteiger partial charge in [-0.2, -0.15) is 4.31 Å². The summed E-state index contributed by atoms with van der Waals surface area (Å²) in [5.74, 6) is 0. The van der Waals surface area contributed by atoms with Gasteiger partial charge in [-0.1, -0.05) is 12.2 Å². The van der Waals surface area contributed by atoms with E-state index in [0.717, 1.165) is 4.31 Å². The zero-order valence-electron chi connectivity index (χ0n) is 7.81. The van der Waals surface area contributed by atoms with Gasteiger partial charge in [0.05, 0.1) is 4.99 Å². The lowest BCUT2D eigenvalue weighted by Gasteiger charge is -2.19. The van der Waals surface area contributed by atoms with E-state index in [1.807, 2.05) is 0 Å². The first kappa shape index (κ1) is 11.8. The maximum atomic E-state index is 12.8. The highest BCUT2D eigenvalue weighted by Gasteiger charge is 2.35. The third-order valence-electron chi connectivity index (χ3n) is 2.30. The summed E-state index contributed by atoms with van der Waals surface area (Å²) >= 11 is 4.61. The van der Waals surface area contributed by atoms with Crippen molar-refractivity contribution in [2.75, 3.05) is 13.1 Å². The molecule has 4 nitrogen and oxygen atoms in total. The van der Waals surface area contributed by atoms with Gasteiger partial charge in [-0.15, -0.1) is 0 Å². The lowest BCUT2D eigenvalue weighted by molar-refractivity contribution is 0.343. The van der Waals surface area contributed by atoms with Crippen LogP contribution in [0.5, 0.6) is 0 Å². The Bertz CT molecular complexity index is 331. The molecule has 0 aliphatic carbocycles. The van der Waals surface area contributed by atoms with E-state index < -0.39 is 21.4 Å². The van der Waals surface area contributed by atoms with E-state index in [4.69, 9.17) is 5.73 Å². The summed E-state index contributed by atoms with van der Waals surface area (Å²) in [6.07, 6.45) is -0.813. The topological polar surface area (TPSA) is 63.4 Å². The third kappa shape index (κ3) is 2.21. The summed E-state index contributed by atoms with van der Waals surface area (Å²) in [6.45, 7) is 1.56. The first-order valence-electron chi connectivity index (χ1n) is 4.28. The highest BCUT2D eigenvalue weighted by molar-refractivity contribution is 7.92. The normalized spacial score (nSPS) is 26.3. The molecule has 82 valence electrons. The van der Waals surface area contributed by atoms with Gasteiger partial charge in [0, 0.05) is 13.1 Å². The number of hydrogen-bond acceptors (Lipinski definition) is 3. The van der Waals surface area contributed by atoms with Gasteiger partial charge < -0.3 is 5.73 Å². The van der Waals surface area contributed by atoms with Gasteiger partial charge in [0.1, 0.15) is 11.4 Å². The molecule has 0 aromatic heterocycles. The lowest BCUT2D eigenvalue weighted by Crippen LogP contribution is -2.42. The Balaban J connectivity index is 2.81. The Morgan fingerprint density at radius 2 is 2.29 bits per heavy atom. The van der Waals surface area contributed by atoms with Gasteiger partial charge in [0.15, 0.2) is 0 Å². The fraction of sp³-hybridized carbons (Fsp3) is 0.857. The van der Waals surface area contributed by atoms with E-state index in [1.54, 1.807) is 0 Å². The van der Waals surface area contributed by atoms with Crippen molar-refractivity contribution in [2.24, 2.45) is 5.73 Å². The molecule has 14 heavy (non-hydrogen) atoms. The molecule has 2 unspecified atom stereocenters. The van der Waals surface area contributed by atoms with Crippen molar-refractivity contribution in [1.82, 2.24) is 4.31 Å². The fourth-order valence-corrected chi connectivity index (χ4v) is 3.12. The minimum Gasteiger partial charge on any atom is -0.392 e. The Hall–Kier alpha value is -0.270. The molecule has 2 atom stereocenters. The SMILES string of the molecule is CC(C(N)=S)S(=O)(=O)N1CCC(F)C1. The van der Waals surface area contributed by atoms with Crippen LogP contribution >= 0.6 is 12.2 Å². The molecule has 1 aliphatic rings. The van der Waals surface area contributed by atoms with Gasteiger partial charge in [0.25, 0.3) is 0 Å². The van der Waals surface area contributed by atoms with E-state index in [1.165, 1.54) is 6.92 Å². The molecule has 0 radical (unpaired) electrons. The molecule has 1 saturated heterocycles. The quantitative estimate of drug-likeness (QED) is 0.707. The van der Waals surface area contributed by atoms with Gasteiger partial charge in [-0.05, 0) is 13.3 Å². The summed E-state index contributed by atoms with van der Waals surface area (Å²) < 4.78 is 37.3. The molecule has 0 spiro atoms. The molecule has 0 bridgehead atoms. The van der Waals surface area contributed by atoms with Crippen molar-refractivity contribution in [3.05, 3.63) is 0 Å². The highest BCUT2D eigenvalue weighted by Crippen LogP contribution is 2.19. The number of rotatable bonds is 3. The van der Waals surface area contributed by atoms with Crippen LogP contribution in [0.25, 0.3) is 0 Å². The average molecular weight is 240 g/mol. The summed E-state index contributed by atoms with van der Waals surface area (Å²) in [5.41, 5.74) is 5.26. The van der Waals surface area contributed by atoms with Crippen LogP contribution in [-0.4, -0.2) is 42.2 Å². The monoisotopic (exact) mass is 240 g/mol. The Morgan fingerprint density at radius 1 is 1.71 bits per heavy atom. The molecule has 0 amide bonds. The molecular formula is C7H13FN2O2S2. The summed E-state index contributed by atoms with van der Waals surface area (Å²) in [4.78, 5) is -0.0766. The Morgan fingerprint density at radius 3 is 2.64 bits per heavy atom. The van der Waals surface area contributed by atoms with Crippen LogP contribution in [0.15, 0.2) is 0 Å². The van der Waals surface area contributed by atoms with Crippen molar-refractivity contribution in [2.45, 2.75) is 24.8 Å². The summed E-state index contributed by atoms with van der Waals surface area (Å²) in [5, 5.41) is -0.914. The molecule has 1 heterocycles. The molecule has 0 aromatic carbocycles. The smallest absolute Gasteiger partial charge is 0.223 e. The highest BCUT2D eigenvalue weighted by atomic mass is 32.2. The van der Waals surface area contributed by atoms with Gasteiger partial charge >= 0.3 is 0 Å². The average Bonchev–Trinajstić information content (AvgIpc) is 2.50. The van der Waals surface area contributed by atoms with E-state index in [0.29, 0.717) is 0 Å². The van der Waals surface area contributed by atoms with E-state index in [2.05, 4.69) is 12.2 Å². The molecule has 7 heteroatoms. The van der Waals surface area contributed by atoms with Crippen LogP contribution in [-0.2, 0) is 10.0 Å². The second-order valence-corrected chi connectivity index (χ2v) is 6.06. The van der Waals surface area contributed by atoms with E-state index in [9.17, 15) is 12.8 Å². The predicted octanol–water partition coefficient (Wildman–Crippen LogP) is 0.0346. The number of hydrogen-bond donors (Lipinski definition) is 1. The first-order chi connectivity index (χ1) is 6.35. The summed E-state index contributed by atoms with van der Waals surface area (Å²) in [7, 11) is -3.54. The summed E-state index contributed by atoms with van der Waals surface area (Å²) in [6, 6.07) is 0. The number of thiocarbonyl (C=S) groups is 1. The van der Waals surface area contributed by atoms with Gasteiger partial charge in [-0.3, -0.25) is 0 Å². The molecular weight excluding hydrogens is 227 g/mol. The van der Waals surface area contributed by atoms with Crippen molar-refractivity contribution in [3.8, 4) is 0 Å². The molecule has 2 N–H and O–H groups in total. The standard InChI is InChI=1S/C7H13FN2O2S2/c1-5(7(9)13)14(11,12)10-3-2-6(8)4-10/h5-6H,2-4H2,1H3,(H2,9,13). The van der Waals surface area contributed by atoms with Crippen molar-refractivity contribution < 1.29 is 12.8 Å². The number of nitrogens with zero attached hydrogens (tertiary/aromatic N) is 1. The predicted molar refractivity (Wildman–Crippen MR) is 56.3 cm³/mol. The minimum absolute atomic E-state index is 0.0741. The van der Waals surface area contributed by atoms with E-state index >= 15 is 0 Å². The fourth-order valence-electron chi connectivity index (χ4n) is 1.29. The molecule has 0 saturated carbocycles. The Kier molecular flexibility index (Phi) is 3.44. The van der Waals surface area contributed by atoms with Crippen LogP contribution < -0.4 is 5.73 Å².